The van der Waals surface area contributed by atoms with Crippen molar-refractivity contribution in [2.45, 2.75) is 0 Å². The number of nitrogens with zero attached hydrogens (tertiary/aromatic N) is 1. The first-order valence-corrected chi connectivity index (χ1v) is 9.34. The molecule has 152 valence electrons. The Morgan fingerprint density at radius 1 is 0.968 bits per heavy atom. The highest BCUT2D eigenvalue weighted by molar-refractivity contribution is 6.09. The summed E-state index contributed by atoms with van der Waals surface area (Å²) in [6.07, 6.45) is 0. The number of para-hydroxylation sites is 1. The zero-order valence-electron chi connectivity index (χ0n) is 16.2. The zero-order chi connectivity index (χ0) is 21.8. The Morgan fingerprint density at radius 2 is 1.71 bits per heavy atom. The van der Waals surface area contributed by atoms with Crippen LogP contribution < -0.4 is 10.1 Å². The molecule has 31 heavy (non-hydrogen) atoms. The monoisotopic (exact) mass is 411 g/mol. The van der Waals surface area contributed by atoms with Gasteiger partial charge in [0.15, 0.2) is 5.75 Å². The molecule has 0 saturated carbocycles. The largest absolute Gasteiger partial charge is 0.505 e. The molecule has 4 rings (SSSR count). The molecule has 3 aromatic carbocycles. The molecule has 0 aliphatic heterocycles. The minimum atomic E-state index is -0.692. The smallest absolute Gasteiger partial charge is 0.264 e. The van der Waals surface area contributed by atoms with Crippen molar-refractivity contribution in [2.75, 3.05) is 5.32 Å². The zero-order valence-corrected chi connectivity index (χ0v) is 16.2. The predicted molar refractivity (Wildman–Crippen MR) is 115 cm³/mol. The van der Waals surface area contributed by atoms with Crippen molar-refractivity contribution in [3.05, 3.63) is 90.0 Å². The molecule has 7 nitrogen and oxygen atoms in total. The third-order valence-electron chi connectivity index (χ3n) is 4.57. The van der Waals surface area contributed by atoms with E-state index < -0.39 is 11.8 Å². The van der Waals surface area contributed by atoms with Crippen molar-refractivity contribution >= 4 is 11.6 Å². The molecular formula is C24H17N3O4. The summed E-state index contributed by atoms with van der Waals surface area (Å²) in [5, 5.41) is 32.5. The van der Waals surface area contributed by atoms with Crippen LogP contribution in [0.3, 0.4) is 0 Å². The van der Waals surface area contributed by atoms with Gasteiger partial charge >= 0.3 is 0 Å². The molecule has 0 aliphatic carbocycles. The number of rotatable bonds is 5. The highest BCUT2D eigenvalue weighted by Crippen LogP contribution is 2.38. The maximum Gasteiger partial charge on any atom is 0.264 e. The first kappa shape index (κ1) is 19.6. The van der Waals surface area contributed by atoms with E-state index in [0.29, 0.717) is 28.3 Å². The number of H-pyrrole nitrogens is 1. The van der Waals surface area contributed by atoms with E-state index in [9.17, 15) is 20.3 Å². The average molecular weight is 411 g/mol. The second-order valence-electron chi connectivity index (χ2n) is 6.63. The van der Waals surface area contributed by atoms with E-state index in [1.54, 1.807) is 72.8 Å². The van der Waals surface area contributed by atoms with E-state index in [4.69, 9.17) is 4.74 Å². The molecule has 0 atom stereocenters. The van der Waals surface area contributed by atoms with Crippen LogP contribution in [-0.2, 0) is 0 Å². The summed E-state index contributed by atoms with van der Waals surface area (Å²) in [5.74, 6) is -0.682. The lowest BCUT2D eigenvalue weighted by molar-refractivity contribution is 0.102. The third kappa shape index (κ3) is 4.04. The number of carbonyl (C=O) groups is 1. The topological polar surface area (TPSA) is 118 Å². The number of aromatic hydroxyl groups is 2. The molecule has 7 heteroatoms. The fraction of sp³-hybridized carbons (Fsp3) is 0. The molecule has 1 heterocycles. The van der Waals surface area contributed by atoms with Crippen LogP contribution in [0.5, 0.6) is 23.1 Å². The summed E-state index contributed by atoms with van der Waals surface area (Å²) >= 11 is 0. The van der Waals surface area contributed by atoms with Gasteiger partial charge in [0, 0.05) is 17.3 Å². The van der Waals surface area contributed by atoms with Crippen molar-refractivity contribution in [3.8, 4) is 40.5 Å². The van der Waals surface area contributed by atoms with Crippen LogP contribution in [0.25, 0.3) is 11.3 Å². The Morgan fingerprint density at radius 3 is 2.48 bits per heavy atom. The third-order valence-corrected chi connectivity index (χ3v) is 4.57. The average Bonchev–Trinajstić information content (AvgIpc) is 3.09. The van der Waals surface area contributed by atoms with Gasteiger partial charge in [-0.15, -0.1) is 0 Å². The summed E-state index contributed by atoms with van der Waals surface area (Å²) < 4.78 is 5.76. The molecule has 0 saturated heterocycles. The number of amides is 1. The number of hydrogen-bond donors (Lipinski definition) is 4. The van der Waals surface area contributed by atoms with E-state index >= 15 is 0 Å². The molecule has 1 aromatic heterocycles. The van der Waals surface area contributed by atoms with E-state index in [0.717, 1.165) is 0 Å². The van der Waals surface area contributed by atoms with E-state index in [1.165, 1.54) is 0 Å². The van der Waals surface area contributed by atoms with Gasteiger partial charge in [-0.25, -0.2) is 0 Å². The molecule has 4 N–H and O–H groups in total. The highest BCUT2D eigenvalue weighted by atomic mass is 16.5. The number of benzene rings is 3. The lowest BCUT2D eigenvalue weighted by atomic mass is 10.1. The Balaban J connectivity index is 1.57. The molecule has 0 spiro atoms. The SMILES string of the molecule is N#Cc1ccccc1Oc1cccc(NC(=O)c2c(O)[nH]c(-c3ccccc3)c2O)c1. The van der Waals surface area contributed by atoms with Gasteiger partial charge in [0.05, 0.1) is 11.3 Å². The molecule has 0 aliphatic rings. The van der Waals surface area contributed by atoms with Crippen molar-refractivity contribution in [2.24, 2.45) is 0 Å². The second-order valence-corrected chi connectivity index (χ2v) is 6.63. The first-order valence-electron chi connectivity index (χ1n) is 9.34. The quantitative estimate of drug-likeness (QED) is 0.368. The van der Waals surface area contributed by atoms with Gasteiger partial charge in [-0.05, 0) is 24.3 Å². The Kier molecular flexibility index (Phi) is 5.28. The number of carbonyl (C=O) groups excluding carboxylic acids is 1. The minimum absolute atomic E-state index is 0.244. The number of nitriles is 1. The van der Waals surface area contributed by atoms with Crippen molar-refractivity contribution < 1.29 is 19.7 Å². The molecule has 4 aromatic rings. The van der Waals surface area contributed by atoms with Crippen LogP contribution in [0.1, 0.15) is 15.9 Å². The number of aromatic amines is 1. The molecule has 1 amide bonds. The van der Waals surface area contributed by atoms with Crippen LogP contribution in [0.4, 0.5) is 5.69 Å². The van der Waals surface area contributed by atoms with Crippen LogP contribution >= 0.6 is 0 Å². The number of anilines is 1. The predicted octanol–water partition coefficient (Wildman–Crippen LogP) is 5.01. The molecule has 0 bridgehead atoms. The molecular weight excluding hydrogens is 394 g/mol. The van der Waals surface area contributed by atoms with Gasteiger partial charge in [0.2, 0.25) is 5.88 Å². The fourth-order valence-corrected chi connectivity index (χ4v) is 3.11. The summed E-state index contributed by atoms with van der Waals surface area (Å²) in [6, 6.07) is 24.3. The van der Waals surface area contributed by atoms with Gasteiger partial charge in [-0.2, -0.15) is 5.26 Å². The van der Waals surface area contributed by atoms with Crippen molar-refractivity contribution in [3.63, 3.8) is 0 Å². The highest BCUT2D eigenvalue weighted by Gasteiger charge is 2.24. The van der Waals surface area contributed by atoms with Gasteiger partial charge in [-0.3, -0.25) is 4.79 Å². The van der Waals surface area contributed by atoms with Gasteiger partial charge < -0.3 is 25.3 Å². The van der Waals surface area contributed by atoms with E-state index in [2.05, 4.69) is 16.4 Å². The van der Waals surface area contributed by atoms with Crippen LogP contribution in [0.15, 0.2) is 78.9 Å². The molecule has 0 radical (unpaired) electrons. The fourth-order valence-electron chi connectivity index (χ4n) is 3.11. The van der Waals surface area contributed by atoms with Gasteiger partial charge in [-0.1, -0.05) is 48.5 Å². The van der Waals surface area contributed by atoms with Gasteiger partial charge in [0.25, 0.3) is 5.91 Å². The Hall–Kier alpha value is -4.70. The summed E-state index contributed by atoms with van der Waals surface area (Å²) in [5.41, 5.74) is 1.38. The Labute approximate surface area is 177 Å². The normalized spacial score (nSPS) is 10.3. The van der Waals surface area contributed by atoms with Gasteiger partial charge in [0.1, 0.15) is 23.1 Å². The number of nitrogens with one attached hydrogen (secondary N) is 2. The van der Waals surface area contributed by atoms with Crippen molar-refractivity contribution in [1.82, 2.24) is 4.98 Å². The van der Waals surface area contributed by atoms with Crippen LogP contribution in [0, 0.1) is 11.3 Å². The summed E-state index contributed by atoms with van der Waals surface area (Å²) in [4.78, 5) is 15.4. The summed E-state index contributed by atoms with van der Waals surface area (Å²) in [6.45, 7) is 0. The van der Waals surface area contributed by atoms with E-state index in [-0.39, 0.29) is 17.0 Å². The maximum atomic E-state index is 12.7. The van der Waals surface area contributed by atoms with Crippen LogP contribution in [0.2, 0.25) is 0 Å². The van der Waals surface area contributed by atoms with E-state index in [1.807, 2.05) is 6.07 Å². The minimum Gasteiger partial charge on any atom is -0.505 e. The lowest BCUT2D eigenvalue weighted by Gasteiger charge is -2.10. The lowest BCUT2D eigenvalue weighted by Crippen LogP contribution is -2.11. The maximum absolute atomic E-state index is 12.7. The number of ether oxygens (including phenoxy) is 1. The second kappa shape index (κ2) is 8.35. The van der Waals surface area contributed by atoms with Crippen LogP contribution in [-0.4, -0.2) is 21.1 Å². The van der Waals surface area contributed by atoms with Crippen molar-refractivity contribution in [1.29, 1.82) is 5.26 Å². The number of hydrogen-bond acceptors (Lipinski definition) is 5. The molecule has 0 unspecified atom stereocenters. The molecule has 0 fully saturated rings. The first-order chi connectivity index (χ1) is 15.1. The standard InChI is InChI=1S/C24H17N3O4/c25-14-16-9-4-5-12-19(16)31-18-11-6-10-17(13-18)26-23(29)20-22(28)21(27-24(20)30)15-7-2-1-3-8-15/h1-13,27-28,30H,(H,26,29). The summed E-state index contributed by atoms with van der Waals surface area (Å²) in [7, 11) is 0. The number of aromatic nitrogens is 1. The Bertz CT molecular complexity index is 1290.